The number of benzene rings is 1. The zero-order valence-corrected chi connectivity index (χ0v) is 11.7. The largest absolute Gasteiger partial charge is 0.487 e. The number of hydrogen-bond acceptors (Lipinski definition) is 4. The van der Waals surface area contributed by atoms with Crippen LogP contribution in [0, 0.1) is 0 Å². The standard InChI is InChI=1S/C14H16N2O2S/c1-9(8-17-2)18-13-10-5-3-4-6-12(10)16-7-11(13)14(15)19/h3-7,9H,8H2,1-2H3,(H2,15,19). The lowest BCUT2D eigenvalue weighted by molar-refractivity contribution is 0.0929. The molecule has 0 fully saturated rings. The predicted molar refractivity (Wildman–Crippen MR) is 79.6 cm³/mol. The van der Waals surface area contributed by atoms with E-state index in [4.69, 9.17) is 27.4 Å². The van der Waals surface area contributed by atoms with Gasteiger partial charge in [0.25, 0.3) is 0 Å². The summed E-state index contributed by atoms with van der Waals surface area (Å²) in [6, 6.07) is 7.73. The van der Waals surface area contributed by atoms with Gasteiger partial charge in [0, 0.05) is 18.7 Å². The number of nitrogens with two attached hydrogens (primary N) is 1. The first-order chi connectivity index (χ1) is 9.13. The van der Waals surface area contributed by atoms with Crippen molar-refractivity contribution in [2.75, 3.05) is 13.7 Å². The molecule has 0 saturated heterocycles. The fourth-order valence-corrected chi connectivity index (χ4v) is 2.03. The number of para-hydroxylation sites is 1. The van der Waals surface area contributed by atoms with Crippen LogP contribution in [0.3, 0.4) is 0 Å². The Morgan fingerprint density at radius 2 is 2.16 bits per heavy atom. The fourth-order valence-electron chi connectivity index (χ4n) is 1.89. The van der Waals surface area contributed by atoms with Gasteiger partial charge in [-0.05, 0) is 19.1 Å². The third-order valence-corrected chi connectivity index (χ3v) is 2.93. The van der Waals surface area contributed by atoms with Crippen molar-refractivity contribution < 1.29 is 9.47 Å². The summed E-state index contributed by atoms with van der Waals surface area (Å²) >= 11 is 5.06. The fraction of sp³-hybridized carbons (Fsp3) is 0.286. The molecule has 4 nitrogen and oxygen atoms in total. The molecule has 1 atom stereocenters. The van der Waals surface area contributed by atoms with E-state index in [1.807, 2.05) is 31.2 Å². The minimum atomic E-state index is -0.0936. The summed E-state index contributed by atoms with van der Waals surface area (Å²) < 4.78 is 11.0. The van der Waals surface area contributed by atoms with Crippen LogP contribution in [0.2, 0.25) is 0 Å². The minimum Gasteiger partial charge on any atom is -0.487 e. The van der Waals surface area contributed by atoms with Crippen LogP contribution < -0.4 is 10.5 Å². The van der Waals surface area contributed by atoms with Gasteiger partial charge in [-0.3, -0.25) is 4.98 Å². The molecule has 0 amide bonds. The Morgan fingerprint density at radius 3 is 2.84 bits per heavy atom. The van der Waals surface area contributed by atoms with Crippen LogP contribution in [0.1, 0.15) is 12.5 Å². The van der Waals surface area contributed by atoms with Crippen LogP contribution in [0.5, 0.6) is 5.75 Å². The van der Waals surface area contributed by atoms with Gasteiger partial charge in [0.1, 0.15) is 16.8 Å². The van der Waals surface area contributed by atoms with Crippen molar-refractivity contribution in [3.63, 3.8) is 0 Å². The van der Waals surface area contributed by atoms with Gasteiger partial charge in [-0.15, -0.1) is 0 Å². The highest BCUT2D eigenvalue weighted by atomic mass is 32.1. The Labute approximate surface area is 117 Å². The molecule has 0 aliphatic rings. The number of pyridine rings is 1. The van der Waals surface area contributed by atoms with Crippen LogP contribution >= 0.6 is 12.2 Å². The van der Waals surface area contributed by atoms with Gasteiger partial charge >= 0.3 is 0 Å². The summed E-state index contributed by atoms with van der Waals surface area (Å²) in [6.45, 7) is 2.43. The van der Waals surface area contributed by atoms with E-state index in [-0.39, 0.29) is 11.1 Å². The molecule has 2 N–H and O–H groups in total. The summed E-state index contributed by atoms with van der Waals surface area (Å²) in [4.78, 5) is 4.61. The summed E-state index contributed by atoms with van der Waals surface area (Å²) in [5.74, 6) is 0.669. The normalized spacial score (nSPS) is 12.3. The van der Waals surface area contributed by atoms with E-state index in [1.54, 1.807) is 13.3 Å². The third kappa shape index (κ3) is 3.00. The Kier molecular flexibility index (Phi) is 4.29. The van der Waals surface area contributed by atoms with E-state index < -0.39 is 0 Å². The van der Waals surface area contributed by atoms with Crippen LogP contribution in [0.15, 0.2) is 30.5 Å². The number of aromatic nitrogens is 1. The van der Waals surface area contributed by atoms with E-state index in [0.717, 1.165) is 10.9 Å². The topological polar surface area (TPSA) is 57.4 Å². The van der Waals surface area contributed by atoms with Crippen molar-refractivity contribution in [2.45, 2.75) is 13.0 Å². The summed E-state index contributed by atoms with van der Waals surface area (Å²) in [5.41, 5.74) is 7.23. The molecule has 2 aromatic rings. The van der Waals surface area contributed by atoms with Gasteiger partial charge in [0.05, 0.1) is 17.7 Å². The second-order valence-electron chi connectivity index (χ2n) is 4.27. The van der Waals surface area contributed by atoms with Crippen LogP contribution in [0.25, 0.3) is 10.9 Å². The Balaban J connectivity index is 2.52. The zero-order chi connectivity index (χ0) is 13.8. The highest BCUT2D eigenvalue weighted by Crippen LogP contribution is 2.29. The van der Waals surface area contributed by atoms with Gasteiger partial charge in [-0.25, -0.2) is 0 Å². The van der Waals surface area contributed by atoms with E-state index >= 15 is 0 Å². The molecule has 0 saturated carbocycles. The summed E-state index contributed by atoms with van der Waals surface area (Å²) in [6.07, 6.45) is 1.56. The monoisotopic (exact) mass is 276 g/mol. The van der Waals surface area contributed by atoms with Gasteiger partial charge in [-0.1, -0.05) is 24.4 Å². The Bertz CT molecular complexity index is 601. The molecule has 0 radical (unpaired) electrons. The lowest BCUT2D eigenvalue weighted by atomic mass is 10.1. The zero-order valence-electron chi connectivity index (χ0n) is 10.9. The van der Waals surface area contributed by atoms with Crippen molar-refractivity contribution in [3.05, 3.63) is 36.0 Å². The molecule has 1 heterocycles. The van der Waals surface area contributed by atoms with Crippen molar-refractivity contribution >= 4 is 28.1 Å². The van der Waals surface area contributed by atoms with Gasteiger partial charge in [-0.2, -0.15) is 0 Å². The maximum absolute atomic E-state index is 5.93. The Hall–Kier alpha value is -1.72. The molecule has 0 aliphatic heterocycles. The highest BCUT2D eigenvalue weighted by Gasteiger charge is 2.14. The predicted octanol–water partition coefficient (Wildman–Crippen LogP) is 2.28. The molecule has 0 bridgehead atoms. The molecule has 1 aromatic heterocycles. The van der Waals surface area contributed by atoms with E-state index in [2.05, 4.69) is 4.98 Å². The molecular formula is C14H16N2O2S. The summed E-state index contributed by atoms with van der Waals surface area (Å²) in [7, 11) is 1.64. The van der Waals surface area contributed by atoms with Crippen LogP contribution in [0.4, 0.5) is 0 Å². The first kappa shape index (κ1) is 13.7. The first-order valence-electron chi connectivity index (χ1n) is 5.96. The number of methoxy groups -OCH3 is 1. The van der Waals surface area contributed by atoms with E-state index in [0.29, 0.717) is 17.9 Å². The maximum atomic E-state index is 5.93. The number of thiocarbonyl (C=S) groups is 1. The number of nitrogens with zero attached hydrogens (tertiary/aromatic N) is 1. The molecule has 100 valence electrons. The number of hydrogen-bond donors (Lipinski definition) is 1. The lowest BCUT2D eigenvalue weighted by Gasteiger charge is -2.18. The maximum Gasteiger partial charge on any atom is 0.140 e. The van der Waals surface area contributed by atoms with Crippen molar-refractivity contribution in [3.8, 4) is 5.75 Å². The molecule has 19 heavy (non-hydrogen) atoms. The summed E-state index contributed by atoms with van der Waals surface area (Å²) in [5, 5.41) is 0.899. The average molecular weight is 276 g/mol. The van der Waals surface area contributed by atoms with Crippen molar-refractivity contribution in [2.24, 2.45) is 5.73 Å². The van der Waals surface area contributed by atoms with Gasteiger partial charge in [0.2, 0.25) is 0 Å². The molecular weight excluding hydrogens is 260 g/mol. The van der Waals surface area contributed by atoms with Crippen LogP contribution in [-0.4, -0.2) is 29.8 Å². The van der Waals surface area contributed by atoms with E-state index in [9.17, 15) is 0 Å². The van der Waals surface area contributed by atoms with Gasteiger partial charge in [0.15, 0.2) is 0 Å². The van der Waals surface area contributed by atoms with Crippen LogP contribution in [-0.2, 0) is 4.74 Å². The quantitative estimate of drug-likeness (QED) is 0.849. The molecule has 1 unspecified atom stereocenters. The third-order valence-electron chi connectivity index (χ3n) is 2.71. The minimum absolute atomic E-state index is 0.0936. The molecule has 0 spiro atoms. The number of ether oxygens (including phenoxy) is 2. The highest BCUT2D eigenvalue weighted by molar-refractivity contribution is 7.80. The SMILES string of the molecule is COCC(C)Oc1c(C(N)=S)cnc2ccccc12. The van der Waals surface area contributed by atoms with Crippen molar-refractivity contribution in [1.82, 2.24) is 4.98 Å². The number of fused-ring (bicyclic) bond motifs is 1. The smallest absolute Gasteiger partial charge is 0.140 e. The Morgan fingerprint density at radius 1 is 1.42 bits per heavy atom. The number of rotatable bonds is 5. The average Bonchev–Trinajstić information content (AvgIpc) is 2.39. The second-order valence-corrected chi connectivity index (χ2v) is 4.71. The molecule has 0 aliphatic carbocycles. The van der Waals surface area contributed by atoms with Crippen molar-refractivity contribution in [1.29, 1.82) is 0 Å². The van der Waals surface area contributed by atoms with Gasteiger partial charge < -0.3 is 15.2 Å². The first-order valence-corrected chi connectivity index (χ1v) is 6.37. The molecule has 1 aromatic carbocycles. The second kappa shape index (κ2) is 5.95. The van der Waals surface area contributed by atoms with E-state index in [1.165, 1.54) is 0 Å². The molecule has 2 rings (SSSR count). The molecule has 5 heteroatoms. The lowest BCUT2D eigenvalue weighted by Crippen LogP contribution is -2.21.